The minimum atomic E-state index is 0.342. The predicted octanol–water partition coefficient (Wildman–Crippen LogP) is 2.80. The van der Waals surface area contributed by atoms with E-state index in [1.54, 1.807) is 0 Å². The molecule has 5 heteroatoms. The zero-order valence-corrected chi connectivity index (χ0v) is 13.3. The maximum atomic E-state index is 5.58. The van der Waals surface area contributed by atoms with Crippen molar-refractivity contribution in [2.75, 3.05) is 32.8 Å². The summed E-state index contributed by atoms with van der Waals surface area (Å²) in [6.07, 6.45) is 4.81. The van der Waals surface area contributed by atoms with Crippen LogP contribution < -0.4 is 0 Å². The van der Waals surface area contributed by atoms with Crippen LogP contribution in [0.2, 0.25) is 0 Å². The molecule has 3 heterocycles. The van der Waals surface area contributed by atoms with E-state index in [1.807, 2.05) is 0 Å². The topological polar surface area (TPSA) is 51.4 Å². The Morgan fingerprint density at radius 3 is 2.67 bits per heavy atom. The summed E-state index contributed by atoms with van der Waals surface area (Å²) in [6, 6.07) is 0. The molecule has 0 amide bonds. The number of aromatic nitrogens is 2. The number of ether oxygens (including phenoxy) is 1. The highest BCUT2D eigenvalue weighted by atomic mass is 16.5. The van der Waals surface area contributed by atoms with E-state index in [2.05, 4.69) is 28.9 Å². The molecule has 1 aromatic rings. The molecule has 2 aliphatic heterocycles. The lowest BCUT2D eigenvalue weighted by Gasteiger charge is -2.34. The lowest BCUT2D eigenvalue weighted by molar-refractivity contribution is 0.0340. The predicted molar refractivity (Wildman–Crippen MR) is 80.3 cm³/mol. The fourth-order valence-electron chi connectivity index (χ4n) is 3.33. The van der Waals surface area contributed by atoms with Gasteiger partial charge in [0.15, 0.2) is 5.82 Å². The lowest BCUT2D eigenvalue weighted by atomic mass is 9.94. The van der Waals surface area contributed by atoms with Crippen molar-refractivity contribution >= 4 is 0 Å². The first-order chi connectivity index (χ1) is 10.2. The molecule has 118 valence electrons. The van der Waals surface area contributed by atoms with Crippen LogP contribution in [-0.2, 0) is 4.74 Å². The Hall–Kier alpha value is -0.940. The van der Waals surface area contributed by atoms with Crippen molar-refractivity contribution in [1.82, 2.24) is 15.0 Å². The van der Waals surface area contributed by atoms with Crippen LogP contribution in [0.5, 0.6) is 0 Å². The summed E-state index contributed by atoms with van der Waals surface area (Å²) in [5.41, 5.74) is 0. The van der Waals surface area contributed by atoms with Crippen molar-refractivity contribution in [2.24, 2.45) is 5.92 Å². The van der Waals surface area contributed by atoms with Crippen LogP contribution in [0.3, 0.4) is 0 Å². The Bertz CT molecular complexity index is 432. The summed E-state index contributed by atoms with van der Waals surface area (Å²) in [5.74, 6) is 3.20. The van der Waals surface area contributed by atoms with Crippen molar-refractivity contribution < 1.29 is 9.26 Å². The highest BCUT2D eigenvalue weighted by Crippen LogP contribution is 2.28. The summed E-state index contributed by atoms with van der Waals surface area (Å²) >= 11 is 0. The maximum absolute atomic E-state index is 5.58. The van der Waals surface area contributed by atoms with Crippen molar-refractivity contribution in [2.45, 2.75) is 51.4 Å². The molecule has 1 atom stereocenters. The third kappa shape index (κ3) is 3.83. The Morgan fingerprint density at radius 1 is 1.24 bits per heavy atom. The zero-order valence-electron chi connectivity index (χ0n) is 13.3. The maximum Gasteiger partial charge on any atom is 0.229 e. The first-order valence-electron chi connectivity index (χ1n) is 8.36. The van der Waals surface area contributed by atoms with Crippen LogP contribution in [0.4, 0.5) is 0 Å². The van der Waals surface area contributed by atoms with Gasteiger partial charge in [-0.3, -0.25) is 0 Å². The van der Waals surface area contributed by atoms with E-state index in [1.165, 1.54) is 19.4 Å². The Labute approximate surface area is 127 Å². The average Bonchev–Trinajstić information content (AvgIpc) is 2.99. The molecule has 2 saturated heterocycles. The number of hydrogen-bond donors (Lipinski definition) is 0. The Balaban J connectivity index is 1.47. The first kappa shape index (κ1) is 15.0. The van der Waals surface area contributed by atoms with E-state index >= 15 is 0 Å². The number of nitrogens with zero attached hydrogens (tertiary/aromatic N) is 3. The third-order valence-electron chi connectivity index (χ3n) is 4.68. The molecule has 2 aliphatic rings. The standard InChI is InChI=1S/C16H27N3O2/c1-12(2)15-17-16(21-18-15)14-5-7-19(8-6-14)10-13-4-3-9-20-11-13/h12-14H,3-11H2,1-2H3/t13-/m0/s1. The number of rotatable bonds is 4. The third-order valence-corrected chi connectivity index (χ3v) is 4.68. The summed E-state index contributed by atoms with van der Waals surface area (Å²) < 4.78 is 11.0. The van der Waals surface area contributed by atoms with Gasteiger partial charge in [0.1, 0.15) is 0 Å². The molecule has 3 rings (SSSR count). The number of hydrogen-bond acceptors (Lipinski definition) is 5. The van der Waals surface area contributed by atoms with Crippen LogP contribution in [0.15, 0.2) is 4.52 Å². The molecule has 0 N–H and O–H groups in total. The molecule has 0 aliphatic carbocycles. The number of piperidine rings is 1. The summed E-state index contributed by atoms with van der Waals surface area (Å²) in [6.45, 7) is 9.57. The van der Waals surface area contributed by atoms with Crippen LogP contribution in [-0.4, -0.2) is 47.9 Å². The van der Waals surface area contributed by atoms with Crippen LogP contribution in [0, 0.1) is 5.92 Å². The molecular formula is C16H27N3O2. The molecule has 0 bridgehead atoms. The quantitative estimate of drug-likeness (QED) is 0.854. The SMILES string of the molecule is CC(C)c1noc(C2CCN(C[C@@H]3CCCOC3)CC2)n1. The molecule has 0 radical (unpaired) electrons. The minimum absolute atomic E-state index is 0.342. The molecule has 2 fully saturated rings. The van der Waals surface area contributed by atoms with Crippen molar-refractivity contribution in [1.29, 1.82) is 0 Å². The fraction of sp³-hybridized carbons (Fsp3) is 0.875. The van der Waals surface area contributed by atoms with E-state index in [4.69, 9.17) is 9.26 Å². The highest BCUT2D eigenvalue weighted by Gasteiger charge is 2.27. The smallest absolute Gasteiger partial charge is 0.229 e. The second-order valence-electron chi connectivity index (χ2n) is 6.80. The van der Waals surface area contributed by atoms with Crippen molar-refractivity contribution in [3.05, 3.63) is 11.7 Å². The van der Waals surface area contributed by atoms with E-state index in [-0.39, 0.29) is 0 Å². The molecular weight excluding hydrogens is 266 g/mol. The molecule has 0 unspecified atom stereocenters. The molecule has 1 aromatic heterocycles. The monoisotopic (exact) mass is 293 g/mol. The van der Waals surface area contributed by atoms with Crippen LogP contribution in [0.25, 0.3) is 0 Å². The minimum Gasteiger partial charge on any atom is -0.381 e. The van der Waals surface area contributed by atoms with Crippen LogP contribution >= 0.6 is 0 Å². The number of likely N-dealkylation sites (tertiary alicyclic amines) is 1. The van der Waals surface area contributed by atoms with Gasteiger partial charge in [-0.1, -0.05) is 19.0 Å². The fourth-order valence-corrected chi connectivity index (χ4v) is 3.33. The average molecular weight is 293 g/mol. The Morgan fingerprint density at radius 2 is 2.05 bits per heavy atom. The first-order valence-corrected chi connectivity index (χ1v) is 8.36. The second kappa shape index (κ2) is 6.88. The van der Waals surface area contributed by atoms with Gasteiger partial charge in [0, 0.05) is 25.0 Å². The van der Waals surface area contributed by atoms with Gasteiger partial charge in [-0.25, -0.2) is 0 Å². The van der Waals surface area contributed by atoms with Crippen molar-refractivity contribution in [3.8, 4) is 0 Å². The van der Waals surface area contributed by atoms with E-state index in [9.17, 15) is 0 Å². The summed E-state index contributed by atoms with van der Waals surface area (Å²) in [5, 5.41) is 4.09. The van der Waals surface area contributed by atoms with Gasteiger partial charge in [0.25, 0.3) is 0 Å². The van der Waals surface area contributed by atoms with Gasteiger partial charge in [-0.05, 0) is 44.7 Å². The summed E-state index contributed by atoms with van der Waals surface area (Å²) in [7, 11) is 0. The van der Waals surface area contributed by atoms with E-state index in [0.717, 1.165) is 56.8 Å². The molecule has 21 heavy (non-hydrogen) atoms. The van der Waals surface area contributed by atoms with E-state index in [0.29, 0.717) is 11.8 Å². The van der Waals surface area contributed by atoms with Crippen LogP contribution in [0.1, 0.15) is 63.1 Å². The largest absolute Gasteiger partial charge is 0.381 e. The van der Waals surface area contributed by atoms with Gasteiger partial charge in [0.2, 0.25) is 5.89 Å². The normalized spacial score (nSPS) is 25.6. The molecule has 0 aromatic carbocycles. The lowest BCUT2D eigenvalue weighted by Crippen LogP contribution is -2.38. The van der Waals surface area contributed by atoms with Gasteiger partial charge < -0.3 is 14.2 Å². The zero-order chi connectivity index (χ0) is 14.7. The van der Waals surface area contributed by atoms with Gasteiger partial charge in [-0.2, -0.15) is 4.98 Å². The van der Waals surface area contributed by atoms with Gasteiger partial charge in [-0.15, -0.1) is 0 Å². The molecule has 0 spiro atoms. The van der Waals surface area contributed by atoms with E-state index < -0.39 is 0 Å². The molecule has 0 saturated carbocycles. The summed E-state index contributed by atoms with van der Waals surface area (Å²) in [4.78, 5) is 7.14. The van der Waals surface area contributed by atoms with Gasteiger partial charge >= 0.3 is 0 Å². The Kier molecular flexibility index (Phi) is 4.91. The second-order valence-corrected chi connectivity index (χ2v) is 6.80. The van der Waals surface area contributed by atoms with Crippen molar-refractivity contribution in [3.63, 3.8) is 0 Å². The molecule has 5 nitrogen and oxygen atoms in total. The highest BCUT2D eigenvalue weighted by molar-refractivity contribution is 4.99. The van der Waals surface area contributed by atoms with Gasteiger partial charge in [0.05, 0.1) is 6.61 Å².